The van der Waals surface area contributed by atoms with Gasteiger partial charge in [0.05, 0.1) is 17.9 Å². The summed E-state index contributed by atoms with van der Waals surface area (Å²) in [7, 11) is 0. The Hall–Kier alpha value is -1.62. The van der Waals surface area contributed by atoms with Crippen LogP contribution in [0.2, 0.25) is 0 Å². The molecule has 1 atom stereocenters. The van der Waals surface area contributed by atoms with Gasteiger partial charge in [-0.1, -0.05) is 25.7 Å². The average molecular weight is 276 g/mol. The molecule has 5 nitrogen and oxygen atoms in total. The van der Waals surface area contributed by atoms with Crippen LogP contribution in [0.4, 0.5) is 11.5 Å². The lowest BCUT2D eigenvalue weighted by Gasteiger charge is -2.17. The topological polar surface area (TPSA) is 80.0 Å². The second kappa shape index (κ2) is 7.24. The Balaban J connectivity index is 1.89. The largest absolute Gasteiger partial charge is 0.381 e. The van der Waals surface area contributed by atoms with Crippen LogP contribution in [-0.2, 0) is 4.79 Å². The van der Waals surface area contributed by atoms with E-state index in [1.54, 1.807) is 19.2 Å². The first kappa shape index (κ1) is 14.8. The molecule has 110 valence electrons. The first-order valence-electron chi connectivity index (χ1n) is 7.44. The van der Waals surface area contributed by atoms with Gasteiger partial charge in [-0.2, -0.15) is 0 Å². The van der Waals surface area contributed by atoms with Crippen molar-refractivity contribution in [2.24, 2.45) is 5.73 Å². The van der Waals surface area contributed by atoms with E-state index in [0.29, 0.717) is 11.9 Å². The number of rotatable bonds is 4. The van der Waals surface area contributed by atoms with Crippen LogP contribution in [0.15, 0.2) is 18.3 Å². The second-order valence-corrected chi connectivity index (χ2v) is 5.54. The predicted molar refractivity (Wildman–Crippen MR) is 81.6 cm³/mol. The number of hydrogen-bond donors (Lipinski definition) is 3. The van der Waals surface area contributed by atoms with E-state index in [-0.39, 0.29) is 5.91 Å². The highest BCUT2D eigenvalue weighted by Gasteiger charge is 2.12. The molecule has 0 radical (unpaired) electrons. The van der Waals surface area contributed by atoms with Gasteiger partial charge < -0.3 is 16.4 Å². The van der Waals surface area contributed by atoms with Crippen LogP contribution >= 0.6 is 0 Å². The highest BCUT2D eigenvalue weighted by Crippen LogP contribution is 2.21. The first-order valence-corrected chi connectivity index (χ1v) is 7.44. The number of amides is 1. The van der Waals surface area contributed by atoms with Crippen molar-refractivity contribution in [3.8, 4) is 0 Å². The van der Waals surface area contributed by atoms with Crippen molar-refractivity contribution in [3.05, 3.63) is 18.3 Å². The molecule has 0 spiro atoms. The maximum Gasteiger partial charge on any atom is 0.242 e. The van der Waals surface area contributed by atoms with Gasteiger partial charge >= 0.3 is 0 Å². The summed E-state index contributed by atoms with van der Waals surface area (Å²) in [5.41, 5.74) is 6.51. The van der Waals surface area contributed by atoms with Crippen molar-refractivity contribution in [2.45, 2.75) is 57.5 Å². The molecule has 20 heavy (non-hydrogen) atoms. The van der Waals surface area contributed by atoms with Gasteiger partial charge in [0.1, 0.15) is 5.82 Å². The third kappa shape index (κ3) is 4.49. The Morgan fingerprint density at radius 1 is 1.30 bits per heavy atom. The summed E-state index contributed by atoms with van der Waals surface area (Å²) in [6.07, 6.45) is 9.51. The third-order valence-electron chi connectivity index (χ3n) is 3.65. The predicted octanol–water partition coefficient (Wildman–Crippen LogP) is 2.50. The van der Waals surface area contributed by atoms with Gasteiger partial charge in [-0.3, -0.25) is 4.79 Å². The van der Waals surface area contributed by atoms with E-state index >= 15 is 0 Å². The number of anilines is 2. The minimum atomic E-state index is -0.527. The lowest BCUT2D eigenvalue weighted by molar-refractivity contribution is -0.117. The van der Waals surface area contributed by atoms with Gasteiger partial charge in [0.25, 0.3) is 0 Å². The molecule has 2 rings (SSSR count). The molecular weight excluding hydrogens is 252 g/mol. The smallest absolute Gasteiger partial charge is 0.242 e. The number of nitrogens with two attached hydrogens (primary N) is 1. The van der Waals surface area contributed by atoms with Crippen molar-refractivity contribution in [3.63, 3.8) is 0 Å². The number of carbonyl (C=O) groups is 1. The van der Waals surface area contributed by atoms with Crippen LogP contribution in [0.3, 0.4) is 0 Å². The molecule has 1 heterocycles. The monoisotopic (exact) mass is 276 g/mol. The molecule has 0 aliphatic heterocycles. The zero-order valence-electron chi connectivity index (χ0n) is 12.1. The molecule has 4 N–H and O–H groups in total. The minimum Gasteiger partial charge on any atom is -0.381 e. The zero-order chi connectivity index (χ0) is 14.4. The summed E-state index contributed by atoms with van der Waals surface area (Å²) in [4.78, 5) is 15.7. The molecule has 1 aromatic rings. The van der Waals surface area contributed by atoms with Crippen LogP contribution in [0, 0.1) is 0 Å². The van der Waals surface area contributed by atoms with Crippen LogP contribution < -0.4 is 16.4 Å². The van der Waals surface area contributed by atoms with Gasteiger partial charge in [0, 0.05) is 6.04 Å². The fraction of sp³-hybridized carbons (Fsp3) is 0.600. The number of aromatic nitrogens is 1. The Kier molecular flexibility index (Phi) is 5.35. The van der Waals surface area contributed by atoms with E-state index in [9.17, 15) is 4.79 Å². The van der Waals surface area contributed by atoms with Gasteiger partial charge in [0.2, 0.25) is 5.91 Å². The van der Waals surface area contributed by atoms with Crippen molar-refractivity contribution < 1.29 is 4.79 Å². The molecule has 1 unspecified atom stereocenters. The summed E-state index contributed by atoms with van der Waals surface area (Å²) in [5.74, 6) is 0.320. The lowest BCUT2D eigenvalue weighted by atomic mass is 10.1. The SMILES string of the molecule is CC(N)C(=O)Nc1ccc(NC2CCCCCC2)cn1. The van der Waals surface area contributed by atoms with Crippen LogP contribution in [-0.4, -0.2) is 23.0 Å². The molecule has 0 saturated heterocycles. The molecule has 1 fully saturated rings. The fourth-order valence-electron chi connectivity index (χ4n) is 2.45. The maximum atomic E-state index is 11.5. The van der Waals surface area contributed by atoms with E-state index in [1.807, 2.05) is 6.07 Å². The molecule has 0 aromatic carbocycles. The van der Waals surface area contributed by atoms with E-state index in [0.717, 1.165) is 5.69 Å². The van der Waals surface area contributed by atoms with Crippen LogP contribution in [0.25, 0.3) is 0 Å². The minimum absolute atomic E-state index is 0.220. The molecule has 1 aliphatic rings. The highest BCUT2D eigenvalue weighted by molar-refractivity contribution is 5.93. The average Bonchev–Trinajstić information content (AvgIpc) is 2.69. The standard InChI is InChI=1S/C15H24N4O/c1-11(16)15(20)19-14-9-8-13(10-17-14)18-12-6-4-2-3-5-7-12/h8-12,18H,2-7,16H2,1H3,(H,17,19,20). The molecule has 1 saturated carbocycles. The van der Waals surface area contributed by atoms with E-state index in [2.05, 4.69) is 15.6 Å². The van der Waals surface area contributed by atoms with Crippen molar-refractivity contribution in [2.75, 3.05) is 10.6 Å². The van der Waals surface area contributed by atoms with Gasteiger partial charge in [-0.05, 0) is 31.9 Å². The quantitative estimate of drug-likeness (QED) is 0.738. The lowest BCUT2D eigenvalue weighted by Crippen LogP contribution is -2.32. The molecule has 0 bridgehead atoms. The third-order valence-corrected chi connectivity index (χ3v) is 3.65. The first-order chi connectivity index (χ1) is 9.65. The molecular formula is C15H24N4O. The summed E-state index contributed by atoms with van der Waals surface area (Å²) in [5, 5.41) is 6.20. The number of nitrogens with one attached hydrogen (secondary N) is 2. The fourth-order valence-corrected chi connectivity index (χ4v) is 2.45. The van der Waals surface area contributed by atoms with Gasteiger partial charge in [-0.25, -0.2) is 4.98 Å². The van der Waals surface area contributed by atoms with Crippen molar-refractivity contribution >= 4 is 17.4 Å². The Labute approximate surface area is 120 Å². The summed E-state index contributed by atoms with van der Waals surface area (Å²) < 4.78 is 0. The Morgan fingerprint density at radius 3 is 2.55 bits per heavy atom. The molecule has 1 amide bonds. The molecule has 1 aliphatic carbocycles. The zero-order valence-corrected chi connectivity index (χ0v) is 12.1. The molecule has 5 heteroatoms. The highest BCUT2D eigenvalue weighted by atomic mass is 16.2. The number of pyridine rings is 1. The summed E-state index contributed by atoms with van der Waals surface area (Å²) in [6, 6.07) is 3.78. The van der Waals surface area contributed by atoms with E-state index < -0.39 is 6.04 Å². The van der Waals surface area contributed by atoms with Gasteiger partial charge in [0.15, 0.2) is 0 Å². The van der Waals surface area contributed by atoms with Crippen molar-refractivity contribution in [1.82, 2.24) is 4.98 Å². The normalized spacial score (nSPS) is 18.1. The van der Waals surface area contributed by atoms with E-state index in [4.69, 9.17) is 5.73 Å². The summed E-state index contributed by atoms with van der Waals surface area (Å²) in [6.45, 7) is 1.65. The Bertz CT molecular complexity index is 422. The Morgan fingerprint density at radius 2 is 2.00 bits per heavy atom. The number of hydrogen-bond acceptors (Lipinski definition) is 4. The van der Waals surface area contributed by atoms with E-state index in [1.165, 1.54) is 38.5 Å². The molecule has 1 aromatic heterocycles. The number of carbonyl (C=O) groups excluding carboxylic acids is 1. The van der Waals surface area contributed by atoms with Gasteiger partial charge in [-0.15, -0.1) is 0 Å². The van der Waals surface area contributed by atoms with Crippen LogP contribution in [0.5, 0.6) is 0 Å². The summed E-state index contributed by atoms with van der Waals surface area (Å²) >= 11 is 0. The second-order valence-electron chi connectivity index (χ2n) is 5.54. The maximum absolute atomic E-state index is 11.5. The van der Waals surface area contributed by atoms with Crippen LogP contribution in [0.1, 0.15) is 45.4 Å². The number of nitrogens with zero attached hydrogens (tertiary/aromatic N) is 1. The van der Waals surface area contributed by atoms with Crippen molar-refractivity contribution in [1.29, 1.82) is 0 Å².